The molecule has 0 unspecified atom stereocenters. The molecule has 0 saturated carbocycles. The smallest absolute Gasteiger partial charge is 0.256 e. The highest BCUT2D eigenvalue weighted by molar-refractivity contribution is 7.99. The molecule has 3 aromatic rings. The van der Waals surface area contributed by atoms with Gasteiger partial charge in [-0.15, -0.1) is 0 Å². The van der Waals surface area contributed by atoms with Crippen molar-refractivity contribution >= 4 is 33.4 Å². The first-order chi connectivity index (χ1) is 14.7. The van der Waals surface area contributed by atoms with Gasteiger partial charge in [0.15, 0.2) is 0 Å². The first kappa shape index (κ1) is 22.6. The summed E-state index contributed by atoms with van der Waals surface area (Å²) in [4.78, 5) is 14.6. The number of aryl methyl sites for hydroxylation is 1. The van der Waals surface area contributed by atoms with Gasteiger partial charge < -0.3 is 5.32 Å². The number of nitrogens with zero attached hydrogens (tertiary/aromatic N) is 2. The molecular formula is C23H21N3O3S2. The van der Waals surface area contributed by atoms with E-state index in [4.69, 9.17) is 0 Å². The van der Waals surface area contributed by atoms with Crippen molar-refractivity contribution in [1.29, 1.82) is 5.26 Å². The molecule has 3 aromatic carbocycles. The fourth-order valence-electron chi connectivity index (χ4n) is 2.81. The van der Waals surface area contributed by atoms with Crippen molar-refractivity contribution in [2.75, 3.05) is 19.4 Å². The minimum atomic E-state index is -3.63. The molecule has 0 atom stereocenters. The monoisotopic (exact) mass is 451 g/mol. The SMILES string of the molecule is Cc1ccc(S(=O)(=O)N(C)C)cc1NC(=O)c1ccccc1Sc1ccccc1C#N. The van der Waals surface area contributed by atoms with Crippen molar-refractivity contribution in [2.24, 2.45) is 0 Å². The Morgan fingerprint density at radius 1 is 1.00 bits per heavy atom. The van der Waals surface area contributed by atoms with Crippen LogP contribution in [0.2, 0.25) is 0 Å². The van der Waals surface area contributed by atoms with Crippen molar-refractivity contribution in [3.63, 3.8) is 0 Å². The first-order valence-electron chi connectivity index (χ1n) is 9.34. The first-order valence-corrected chi connectivity index (χ1v) is 11.6. The molecule has 0 radical (unpaired) electrons. The zero-order valence-corrected chi connectivity index (χ0v) is 18.9. The lowest BCUT2D eigenvalue weighted by Crippen LogP contribution is -2.22. The second kappa shape index (κ2) is 9.35. The molecule has 3 rings (SSSR count). The maximum Gasteiger partial charge on any atom is 0.256 e. The van der Waals surface area contributed by atoms with Crippen LogP contribution in [0, 0.1) is 18.3 Å². The van der Waals surface area contributed by atoms with Crippen LogP contribution in [0.1, 0.15) is 21.5 Å². The van der Waals surface area contributed by atoms with Gasteiger partial charge in [0.1, 0.15) is 6.07 Å². The Balaban J connectivity index is 1.93. The summed E-state index contributed by atoms with van der Waals surface area (Å²) in [6, 6.07) is 21.1. The van der Waals surface area contributed by atoms with Gasteiger partial charge in [-0.25, -0.2) is 12.7 Å². The lowest BCUT2D eigenvalue weighted by atomic mass is 10.1. The Labute approximate surface area is 186 Å². The van der Waals surface area contributed by atoms with Gasteiger partial charge >= 0.3 is 0 Å². The van der Waals surface area contributed by atoms with Crippen molar-refractivity contribution in [2.45, 2.75) is 21.6 Å². The summed E-state index contributed by atoms with van der Waals surface area (Å²) in [5.74, 6) is -0.361. The van der Waals surface area contributed by atoms with E-state index in [-0.39, 0.29) is 10.8 Å². The summed E-state index contributed by atoms with van der Waals surface area (Å²) in [6.07, 6.45) is 0. The van der Waals surface area contributed by atoms with Gasteiger partial charge in [-0.1, -0.05) is 42.1 Å². The van der Waals surface area contributed by atoms with Gasteiger partial charge in [-0.05, 0) is 48.9 Å². The van der Waals surface area contributed by atoms with Crippen LogP contribution in [0.5, 0.6) is 0 Å². The van der Waals surface area contributed by atoms with E-state index in [0.717, 1.165) is 14.8 Å². The second-order valence-corrected chi connectivity index (χ2v) is 10.2. The zero-order chi connectivity index (χ0) is 22.6. The van der Waals surface area contributed by atoms with Gasteiger partial charge in [0.25, 0.3) is 5.91 Å². The Bertz CT molecular complexity index is 1280. The van der Waals surface area contributed by atoms with Gasteiger partial charge in [0.2, 0.25) is 10.0 Å². The summed E-state index contributed by atoms with van der Waals surface area (Å²) in [5, 5.41) is 12.2. The minimum Gasteiger partial charge on any atom is -0.322 e. The molecule has 6 nitrogen and oxygen atoms in total. The molecule has 0 bridgehead atoms. The van der Waals surface area contributed by atoms with Crippen molar-refractivity contribution in [3.8, 4) is 6.07 Å². The number of amides is 1. The number of sulfonamides is 1. The highest BCUT2D eigenvalue weighted by atomic mass is 32.2. The van der Waals surface area contributed by atoms with E-state index in [1.165, 1.54) is 38.0 Å². The number of nitriles is 1. The molecule has 31 heavy (non-hydrogen) atoms. The van der Waals surface area contributed by atoms with Gasteiger partial charge in [-0.2, -0.15) is 5.26 Å². The summed E-state index contributed by atoms with van der Waals surface area (Å²) in [6.45, 7) is 1.80. The summed E-state index contributed by atoms with van der Waals surface area (Å²) in [5.41, 5.74) is 2.12. The van der Waals surface area contributed by atoms with Crippen LogP contribution >= 0.6 is 11.8 Å². The fraction of sp³-hybridized carbons (Fsp3) is 0.130. The molecule has 0 aliphatic rings. The zero-order valence-electron chi connectivity index (χ0n) is 17.3. The van der Waals surface area contributed by atoms with Crippen LogP contribution < -0.4 is 5.32 Å². The maximum absolute atomic E-state index is 13.1. The van der Waals surface area contributed by atoms with Crippen LogP contribution in [0.3, 0.4) is 0 Å². The number of hydrogen-bond acceptors (Lipinski definition) is 5. The molecule has 1 N–H and O–H groups in total. The Hall–Kier alpha value is -3.12. The third-order valence-corrected chi connectivity index (χ3v) is 7.56. The number of carbonyl (C=O) groups is 1. The normalized spacial score (nSPS) is 11.2. The van der Waals surface area contributed by atoms with E-state index in [0.29, 0.717) is 21.7 Å². The third kappa shape index (κ3) is 4.97. The number of anilines is 1. The van der Waals surface area contributed by atoms with Gasteiger partial charge in [0, 0.05) is 29.6 Å². The van der Waals surface area contributed by atoms with E-state index in [1.54, 1.807) is 37.3 Å². The quantitative estimate of drug-likeness (QED) is 0.595. The van der Waals surface area contributed by atoms with Gasteiger partial charge in [0.05, 0.1) is 16.0 Å². The minimum absolute atomic E-state index is 0.101. The van der Waals surface area contributed by atoms with E-state index in [9.17, 15) is 18.5 Å². The topological polar surface area (TPSA) is 90.3 Å². The summed E-state index contributed by atoms with van der Waals surface area (Å²) < 4.78 is 26.0. The third-order valence-electron chi connectivity index (χ3n) is 4.59. The lowest BCUT2D eigenvalue weighted by Gasteiger charge is -2.15. The van der Waals surface area contributed by atoms with E-state index in [2.05, 4.69) is 11.4 Å². The molecule has 1 amide bonds. The predicted molar refractivity (Wildman–Crippen MR) is 122 cm³/mol. The van der Waals surface area contributed by atoms with Crippen LogP contribution in [0.25, 0.3) is 0 Å². The van der Waals surface area contributed by atoms with Crippen LogP contribution in [0.4, 0.5) is 5.69 Å². The molecule has 0 aliphatic heterocycles. The molecule has 0 aliphatic carbocycles. The number of nitrogens with one attached hydrogen (secondary N) is 1. The fourth-order valence-corrected chi connectivity index (χ4v) is 4.76. The van der Waals surface area contributed by atoms with Crippen LogP contribution in [-0.4, -0.2) is 32.7 Å². The second-order valence-electron chi connectivity index (χ2n) is 6.92. The molecule has 0 saturated heterocycles. The standard InChI is InChI=1S/C23H21N3O3S2/c1-16-12-13-18(31(28,29)26(2)3)14-20(16)25-23(27)19-9-5-7-11-22(19)30-21-10-6-4-8-17(21)15-24/h4-14H,1-3H3,(H,25,27). The number of hydrogen-bond donors (Lipinski definition) is 1. The van der Waals surface area contributed by atoms with Crippen molar-refractivity contribution in [3.05, 3.63) is 83.4 Å². The Morgan fingerprint density at radius 3 is 2.32 bits per heavy atom. The summed E-state index contributed by atoms with van der Waals surface area (Å²) in [7, 11) is -0.709. The predicted octanol–water partition coefficient (Wildman–Crippen LogP) is 4.52. The molecule has 8 heteroatoms. The highest BCUT2D eigenvalue weighted by Gasteiger charge is 2.20. The number of benzene rings is 3. The van der Waals surface area contributed by atoms with Crippen molar-refractivity contribution < 1.29 is 13.2 Å². The lowest BCUT2D eigenvalue weighted by molar-refractivity contribution is 0.102. The Morgan fingerprint density at radius 2 is 1.65 bits per heavy atom. The highest BCUT2D eigenvalue weighted by Crippen LogP contribution is 2.33. The average Bonchev–Trinajstić information content (AvgIpc) is 2.75. The molecule has 158 valence electrons. The van der Waals surface area contributed by atoms with E-state index in [1.807, 2.05) is 24.3 Å². The van der Waals surface area contributed by atoms with Crippen LogP contribution in [-0.2, 0) is 10.0 Å². The van der Waals surface area contributed by atoms with Crippen molar-refractivity contribution in [1.82, 2.24) is 4.31 Å². The van der Waals surface area contributed by atoms with E-state index >= 15 is 0 Å². The molecule has 0 heterocycles. The number of carbonyl (C=O) groups excluding carboxylic acids is 1. The van der Waals surface area contributed by atoms with Gasteiger partial charge in [-0.3, -0.25) is 4.79 Å². The summed E-state index contributed by atoms with van der Waals surface area (Å²) >= 11 is 1.33. The molecule has 0 spiro atoms. The average molecular weight is 452 g/mol. The molecule has 0 fully saturated rings. The van der Waals surface area contributed by atoms with E-state index < -0.39 is 10.0 Å². The number of rotatable bonds is 6. The largest absolute Gasteiger partial charge is 0.322 e. The molecule has 0 aromatic heterocycles. The molecular weight excluding hydrogens is 430 g/mol. The Kier molecular flexibility index (Phi) is 6.81. The van der Waals surface area contributed by atoms with Crippen LogP contribution in [0.15, 0.2) is 81.4 Å². The maximum atomic E-state index is 13.1.